The second kappa shape index (κ2) is 6.64. The predicted molar refractivity (Wildman–Crippen MR) is 70.8 cm³/mol. The Labute approximate surface area is 107 Å². The number of amides is 2. The molecule has 5 heteroatoms. The number of benzene rings is 1. The van der Waals surface area contributed by atoms with Gasteiger partial charge in [-0.1, -0.05) is 13.8 Å². The molecule has 2 amide bonds. The standard InChI is InChI=1S/C13H18N2O3/c1-4-12(16)14-10-7-6-9(18-3)8-11(10)15-13(17)5-2/h6-8H,4-5H2,1-3H3,(H,14,16)(H,15,17). The SMILES string of the molecule is CCC(=O)Nc1ccc(OC)cc1NC(=O)CC. The lowest BCUT2D eigenvalue weighted by molar-refractivity contribution is -0.116. The van der Waals surface area contributed by atoms with Crippen molar-refractivity contribution in [2.24, 2.45) is 0 Å². The van der Waals surface area contributed by atoms with Crippen LogP contribution in [0.5, 0.6) is 5.75 Å². The van der Waals surface area contributed by atoms with Gasteiger partial charge in [0, 0.05) is 18.9 Å². The largest absolute Gasteiger partial charge is 0.497 e. The Bertz CT molecular complexity index is 444. The molecular weight excluding hydrogens is 232 g/mol. The fourth-order valence-corrected chi connectivity index (χ4v) is 1.34. The molecule has 0 fully saturated rings. The lowest BCUT2D eigenvalue weighted by Gasteiger charge is -2.13. The number of nitrogens with one attached hydrogen (secondary N) is 2. The zero-order valence-corrected chi connectivity index (χ0v) is 10.9. The second-order valence-corrected chi connectivity index (χ2v) is 3.71. The van der Waals surface area contributed by atoms with Crippen LogP contribution in [0.2, 0.25) is 0 Å². The fourth-order valence-electron chi connectivity index (χ4n) is 1.34. The van der Waals surface area contributed by atoms with Crippen LogP contribution in [-0.2, 0) is 9.59 Å². The van der Waals surface area contributed by atoms with Crippen molar-refractivity contribution in [2.45, 2.75) is 26.7 Å². The molecule has 0 atom stereocenters. The van der Waals surface area contributed by atoms with E-state index in [0.29, 0.717) is 30.0 Å². The number of carbonyl (C=O) groups is 2. The summed E-state index contributed by atoms with van der Waals surface area (Å²) in [7, 11) is 1.55. The first-order chi connectivity index (χ1) is 8.60. The Balaban J connectivity index is 2.99. The molecule has 0 aromatic heterocycles. The van der Waals surface area contributed by atoms with Crippen molar-refractivity contribution in [3.05, 3.63) is 18.2 Å². The van der Waals surface area contributed by atoms with E-state index in [1.807, 2.05) is 0 Å². The topological polar surface area (TPSA) is 67.4 Å². The minimum Gasteiger partial charge on any atom is -0.497 e. The molecule has 0 aliphatic rings. The highest BCUT2D eigenvalue weighted by Gasteiger charge is 2.09. The normalized spacial score (nSPS) is 9.72. The van der Waals surface area contributed by atoms with Crippen LogP contribution in [0.4, 0.5) is 11.4 Å². The van der Waals surface area contributed by atoms with Gasteiger partial charge in [-0.15, -0.1) is 0 Å². The molecule has 1 rings (SSSR count). The average Bonchev–Trinajstić information content (AvgIpc) is 2.40. The van der Waals surface area contributed by atoms with Gasteiger partial charge in [0.25, 0.3) is 0 Å². The highest BCUT2D eigenvalue weighted by Crippen LogP contribution is 2.27. The Hall–Kier alpha value is -2.04. The third-order valence-electron chi connectivity index (χ3n) is 2.42. The van der Waals surface area contributed by atoms with E-state index < -0.39 is 0 Å². The molecule has 1 aromatic carbocycles. The summed E-state index contributed by atoms with van der Waals surface area (Å²) in [5.41, 5.74) is 1.12. The second-order valence-electron chi connectivity index (χ2n) is 3.71. The number of hydrogen-bond donors (Lipinski definition) is 2. The molecule has 18 heavy (non-hydrogen) atoms. The summed E-state index contributed by atoms with van der Waals surface area (Å²) >= 11 is 0. The van der Waals surface area contributed by atoms with Gasteiger partial charge < -0.3 is 15.4 Å². The van der Waals surface area contributed by atoms with Crippen LogP contribution in [0.3, 0.4) is 0 Å². The maximum absolute atomic E-state index is 11.4. The molecule has 0 aliphatic carbocycles. The molecule has 1 aromatic rings. The zero-order chi connectivity index (χ0) is 13.5. The molecule has 0 bridgehead atoms. The van der Waals surface area contributed by atoms with Crippen molar-refractivity contribution in [1.82, 2.24) is 0 Å². The minimum absolute atomic E-state index is 0.104. The summed E-state index contributed by atoms with van der Waals surface area (Å²) in [4.78, 5) is 22.8. The number of anilines is 2. The van der Waals surface area contributed by atoms with Gasteiger partial charge >= 0.3 is 0 Å². The van der Waals surface area contributed by atoms with Gasteiger partial charge in [-0.05, 0) is 12.1 Å². The molecule has 2 N–H and O–H groups in total. The van der Waals surface area contributed by atoms with Gasteiger partial charge in [0.1, 0.15) is 5.75 Å². The van der Waals surface area contributed by atoms with Crippen molar-refractivity contribution in [3.63, 3.8) is 0 Å². The van der Waals surface area contributed by atoms with Crippen molar-refractivity contribution >= 4 is 23.2 Å². The summed E-state index contributed by atoms with van der Waals surface area (Å²) < 4.78 is 5.09. The Morgan fingerprint density at radius 3 is 2.11 bits per heavy atom. The number of ether oxygens (including phenoxy) is 1. The maximum atomic E-state index is 11.4. The van der Waals surface area contributed by atoms with E-state index >= 15 is 0 Å². The zero-order valence-electron chi connectivity index (χ0n) is 10.9. The summed E-state index contributed by atoms with van der Waals surface area (Å²) in [6, 6.07) is 5.11. The monoisotopic (exact) mass is 250 g/mol. The molecule has 0 radical (unpaired) electrons. The van der Waals surface area contributed by atoms with Gasteiger partial charge in [0.2, 0.25) is 11.8 Å². The highest BCUT2D eigenvalue weighted by molar-refractivity contribution is 5.99. The molecule has 0 saturated heterocycles. The Morgan fingerprint density at radius 2 is 1.61 bits per heavy atom. The van der Waals surface area contributed by atoms with Crippen LogP contribution in [0.15, 0.2) is 18.2 Å². The van der Waals surface area contributed by atoms with Crippen LogP contribution in [0.25, 0.3) is 0 Å². The first-order valence-corrected chi connectivity index (χ1v) is 5.88. The van der Waals surface area contributed by atoms with Gasteiger partial charge in [0.05, 0.1) is 18.5 Å². The molecule has 0 aliphatic heterocycles. The van der Waals surface area contributed by atoms with Gasteiger partial charge in [-0.25, -0.2) is 0 Å². The maximum Gasteiger partial charge on any atom is 0.224 e. The van der Waals surface area contributed by atoms with Crippen molar-refractivity contribution in [3.8, 4) is 5.75 Å². The molecule has 0 unspecified atom stereocenters. The van der Waals surface area contributed by atoms with Crippen LogP contribution in [0, 0.1) is 0 Å². The summed E-state index contributed by atoms with van der Waals surface area (Å²) in [5.74, 6) is 0.401. The van der Waals surface area contributed by atoms with Gasteiger partial charge in [-0.2, -0.15) is 0 Å². The van der Waals surface area contributed by atoms with Crippen molar-refractivity contribution in [1.29, 1.82) is 0 Å². The first kappa shape index (κ1) is 14.0. The lowest BCUT2D eigenvalue weighted by atomic mass is 10.2. The van der Waals surface area contributed by atoms with E-state index in [1.165, 1.54) is 0 Å². The Kier molecular flexibility index (Phi) is 5.17. The first-order valence-electron chi connectivity index (χ1n) is 5.88. The molecular formula is C13H18N2O3. The summed E-state index contributed by atoms with van der Waals surface area (Å²) in [5, 5.41) is 5.46. The average molecular weight is 250 g/mol. The predicted octanol–water partition coefficient (Wildman–Crippen LogP) is 2.39. The number of hydrogen-bond acceptors (Lipinski definition) is 3. The number of methoxy groups -OCH3 is 1. The fraction of sp³-hybridized carbons (Fsp3) is 0.385. The summed E-state index contributed by atoms with van der Waals surface area (Å²) in [6.45, 7) is 3.53. The van der Waals surface area contributed by atoms with Crippen LogP contribution >= 0.6 is 0 Å². The minimum atomic E-state index is -0.116. The molecule has 0 heterocycles. The lowest BCUT2D eigenvalue weighted by Crippen LogP contribution is -2.15. The van der Waals surface area contributed by atoms with E-state index in [1.54, 1.807) is 39.2 Å². The van der Waals surface area contributed by atoms with E-state index in [-0.39, 0.29) is 11.8 Å². The van der Waals surface area contributed by atoms with Crippen molar-refractivity contribution < 1.29 is 14.3 Å². The number of rotatable bonds is 5. The third kappa shape index (κ3) is 3.76. The van der Waals surface area contributed by atoms with E-state index in [2.05, 4.69) is 10.6 Å². The van der Waals surface area contributed by atoms with E-state index in [0.717, 1.165) is 0 Å². The number of carbonyl (C=O) groups excluding carboxylic acids is 2. The molecule has 98 valence electrons. The summed E-state index contributed by atoms with van der Waals surface area (Å²) in [6.07, 6.45) is 0.756. The van der Waals surface area contributed by atoms with Crippen molar-refractivity contribution in [2.75, 3.05) is 17.7 Å². The quantitative estimate of drug-likeness (QED) is 0.843. The van der Waals surface area contributed by atoms with Gasteiger partial charge in [0.15, 0.2) is 0 Å². The van der Waals surface area contributed by atoms with E-state index in [9.17, 15) is 9.59 Å². The molecule has 5 nitrogen and oxygen atoms in total. The van der Waals surface area contributed by atoms with Crippen LogP contribution in [-0.4, -0.2) is 18.9 Å². The van der Waals surface area contributed by atoms with Crippen LogP contribution < -0.4 is 15.4 Å². The Morgan fingerprint density at radius 1 is 1.06 bits per heavy atom. The molecule has 0 spiro atoms. The van der Waals surface area contributed by atoms with E-state index in [4.69, 9.17) is 4.74 Å². The third-order valence-corrected chi connectivity index (χ3v) is 2.42. The molecule has 0 saturated carbocycles. The van der Waals surface area contributed by atoms with Crippen LogP contribution in [0.1, 0.15) is 26.7 Å². The smallest absolute Gasteiger partial charge is 0.224 e. The van der Waals surface area contributed by atoms with Gasteiger partial charge in [-0.3, -0.25) is 9.59 Å². The highest BCUT2D eigenvalue weighted by atomic mass is 16.5.